The third-order valence-electron chi connectivity index (χ3n) is 3.62. The molecule has 0 unspecified atom stereocenters. The quantitative estimate of drug-likeness (QED) is 0.857. The minimum Gasteiger partial charge on any atom is -0.466 e. The number of hydrogen-bond donors (Lipinski definition) is 0. The van der Waals surface area contributed by atoms with Gasteiger partial charge in [-0.25, -0.2) is 0 Å². The number of amides is 1. The molecule has 0 radical (unpaired) electrons. The summed E-state index contributed by atoms with van der Waals surface area (Å²) in [7, 11) is 0. The highest BCUT2D eigenvalue weighted by Gasteiger charge is 2.34. The molecule has 0 aromatic carbocycles. The van der Waals surface area contributed by atoms with E-state index in [2.05, 4.69) is 4.98 Å². The topological polar surface area (TPSA) is 46.3 Å². The lowest BCUT2D eigenvalue weighted by Gasteiger charge is -2.22. The molecule has 0 N–H and O–H groups in total. The van der Waals surface area contributed by atoms with E-state index in [0.29, 0.717) is 23.9 Å². The fraction of sp³-hybridized carbons (Fsp3) is 0.375. The largest absolute Gasteiger partial charge is 0.466 e. The molecule has 2 aromatic heterocycles. The summed E-state index contributed by atoms with van der Waals surface area (Å²) in [4.78, 5) is 18.7. The second kappa shape index (κ2) is 5.12. The van der Waals surface area contributed by atoms with Crippen molar-refractivity contribution in [1.29, 1.82) is 0 Å². The lowest BCUT2D eigenvalue weighted by molar-refractivity contribution is 0.0728. The number of aromatic nitrogens is 1. The van der Waals surface area contributed by atoms with Crippen LogP contribution in [-0.4, -0.2) is 21.8 Å². The number of furan rings is 1. The molecule has 0 aliphatic heterocycles. The molecular weight excluding hydrogens is 252 g/mol. The van der Waals surface area contributed by atoms with Crippen molar-refractivity contribution in [1.82, 2.24) is 9.88 Å². The van der Waals surface area contributed by atoms with E-state index in [9.17, 15) is 4.79 Å². The number of nitrogens with zero attached hydrogens (tertiary/aromatic N) is 2. The van der Waals surface area contributed by atoms with Crippen LogP contribution < -0.4 is 0 Å². The summed E-state index contributed by atoms with van der Waals surface area (Å²) in [5.74, 6) is 1.55. The summed E-state index contributed by atoms with van der Waals surface area (Å²) in [5, 5.41) is 0. The van der Waals surface area contributed by atoms with Crippen LogP contribution in [0.4, 0.5) is 0 Å². The number of carbonyl (C=O) groups excluding carboxylic acids is 1. The molecule has 1 aliphatic carbocycles. The van der Waals surface area contributed by atoms with E-state index in [0.717, 1.165) is 24.2 Å². The van der Waals surface area contributed by atoms with Gasteiger partial charge in [-0.2, -0.15) is 0 Å². The molecule has 0 saturated heterocycles. The number of rotatable bonds is 4. The summed E-state index contributed by atoms with van der Waals surface area (Å²) in [6.07, 6.45) is 5.70. The van der Waals surface area contributed by atoms with Crippen molar-refractivity contribution < 1.29 is 9.21 Å². The lowest BCUT2D eigenvalue weighted by atomic mass is 10.2. The van der Waals surface area contributed by atoms with E-state index in [1.54, 1.807) is 12.4 Å². The normalized spacial score (nSPS) is 14.3. The van der Waals surface area contributed by atoms with Gasteiger partial charge in [-0.3, -0.25) is 9.78 Å². The Morgan fingerprint density at radius 2 is 2.05 bits per heavy atom. The van der Waals surface area contributed by atoms with E-state index in [1.165, 1.54) is 0 Å². The first-order chi connectivity index (χ1) is 9.65. The van der Waals surface area contributed by atoms with Crippen molar-refractivity contribution in [3.8, 4) is 0 Å². The Hall–Kier alpha value is -2.10. The summed E-state index contributed by atoms with van der Waals surface area (Å²) >= 11 is 0. The van der Waals surface area contributed by atoms with E-state index >= 15 is 0 Å². The summed E-state index contributed by atoms with van der Waals surface area (Å²) in [5.41, 5.74) is 1.79. The van der Waals surface area contributed by atoms with E-state index in [-0.39, 0.29) is 5.91 Å². The molecule has 2 aromatic rings. The first-order valence-electron chi connectivity index (χ1n) is 6.92. The van der Waals surface area contributed by atoms with Crippen LogP contribution in [-0.2, 0) is 6.54 Å². The van der Waals surface area contributed by atoms with Crippen molar-refractivity contribution in [3.63, 3.8) is 0 Å². The van der Waals surface area contributed by atoms with Crippen molar-refractivity contribution >= 4 is 5.91 Å². The lowest BCUT2D eigenvalue weighted by Crippen LogP contribution is -2.32. The van der Waals surface area contributed by atoms with Gasteiger partial charge in [0.2, 0.25) is 0 Å². The molecule has 104 valence electrons. The average Bonchev–Trinajstić information content (AvgIpc) is 3.22. The van der Waals surface area contributed by atoms with Gasteiger partial charge in [-0.1, -0.05) is 0 Å². The third kappa shape index (κ3) is 2.59. The van der Waals surface area contributed by atoms with Crippen LogP contribution in [0.1, 0.15) is 40.3 Å². The average molecular weight is 270 g/mol. The maximum atomic E-state index is 12.7. The Labute approximate surface area is 118 Å². The fourth-order valence-electron chi connectivity index (χ4n) is 2.44. The van der Waals surface area contributed by atoms with Gasteiger partial charge in [-0.05, 0) is 50.5 Å². The van der Waals surface area contributed by atoms with E-state index in [4.69, 9.17) is 4.42 Å². The van der Waals surface area contributed by atoms with Gasteiger partial charge in [0.15, 0.2) is 0 Å². The molecule has 4 heteroatoms. The minimum atomic E-state index is 0.0682. The molecule has 0 spiro atoms. The van der Waals surface area contributed by atoms with Crippen LogP contribution in [0.2, 0.25) is 0 Å². The highest BCUT2D eigenvalue weighted by atomic mass is 16.3. The predicted octanol–water partition coefficient (Wildman–Crippen LogP) is 3.10. The van der Waals surface area contributed by atoms with Crippen LogP contribution in [0.5, 0.6) is 0 Å². The molecule has 4 nitrogen and oxygen atoms in total. The zero-order valence-corrected chi connectivity index (χ0v) is 11.8. The fourth-order valence-corrected chi connectivity index (χ4v) is 2.44. The van der Waals surface area contributed by atoms with E-state index < -0.39 is 0 Å². The first-order valence-corrected chi connectivity index (χ1v) is 6.92. The monoisotopic (exact) mass is 270 g/mol. The molecule has 20 heavy (non-hydrogen) atoms. The predicted molar refractivity (Wildman–Crippen MR) is 75.3 cm³/mol. The molecule has 1 aliphatic rings. The van der Waals surface area contributed by atoms with Crippen molar-refractivity contribution in [2.45, 2.75) is 39.3 Å². The Kier molecular flexibility index (Phi) is 3.30. The third-order valence-corrected chi connectivity index (χ3v) is 3.62. The van der Waals surface area contributed by atoms with Crippen LogP contribution in [0, 0.1) is 13.8 Å². The number of hydrogen-bond acceptors (Lipinski definition) is 3. The molecule has 1 amide bonds. The second-order valence-electron chi connectivity index (χ2n) is 5.35. The van der Waals surface area contributed by atoms with Gasteiger partial charge in [0.1, 0.15) is 11.5 Å². The highest BCUT2D eigenvalue weighted by Crippen LogP contribution is 2.30. The summed E-state index contributed by atoms with van der Waals surface area (Å²) < 4.78 is 5.48. The van der Waals surface area contributed by atoms with Crippen LogP contribution in [0.3, 0.4) is 0 Å². The van der Waals surface area contributed by atoms with Gasteiger partial charge in [0.25, 0.3) is 5.91 Å². The Morgan fingerprint density at radius 3 is 2.60 bits per heavy atom. The summed E-state index contributed by atoms with van der Waals surface area (Å²) in [6.45, 7) is 4.35. The van der Waals surface area contributed by atoms with Gasteiger partial charge in [0, 0.05) is 25.0 Å². The number of pyridine rings is 1. The molecule has 3 rings (SSSR count). The molecule has 2 heterocycles. The van der Waals surface area contributed by atoms with Crippen molar-refractivity contribution in [2.75, 3.05) is 0 Å². The molecular formula is C16H18N2O2. The zero-order chi connectivity index (χ0) is 14.1. The van der Waals surface area contributed by atoms with Crippen LogP contribution in [0.15, 0.2) is 35.0 Å². The minimum absolute atomic E-state index is 0.0682. The van der Waals surface area contributed by atoms with Crippen molar-refractivity contribution in [3.05, 3.63) is 53.2 Å². The van der Waals surface area contributed by atoms with Gasteiger partial charge in [0.05, 0.1) is 5.56 Å². The van der Waals surface area contributed by atoms with Gasteiger partial charge < -0.3 is 9.32 Å². The molecule has 1 saturated carbocycles. The molecule has 0 bridgehead atoms. The van der Waals surface area contributed by atoms with Gasteiger partial charge in [-0.15, -0.1) is 0 Å². The van der Waals surface area contributed by atoms with Crippen LogP contribution >= 0.6 is 0 Å². The maximum Gasteiger partial charge on any atom is 0.257 e. The van der Waals surface area contributed by atoms with Crippen molar-refractivity contribution in [2.24, 2.45) is 0 Å². The Morgan fingerprint density at radius 1 is 1.35 bits per heavy atom. The van der Waals surface area contributed by atoms with E-state index in [1.807, 2.05) is 36.9 Å². The second-order valence-corrected chi connectivity index (χ2v) is 5.35. The highest BCUT2D eigenvalue weighted by molar-refractivity contribution is 5.95. The Balaban J connectivity index is 1.84. The number of aryl methyl sites for hydroxylation is 2. The smallest absolute Gasteiger partial charge is 0.257 e. The Bertz CT molecular complexity index is 615. The first kappa shape index (κ1) is 12.9. The van der Waals surface area contributed by atoms with Crippen LogP contribution in [0.25, 0.3) is 0 Å². The number of carbonyl (C=O) groups is 1. The maximum absolute atomic E-state index is 12.7. The standard InChI is InChI=1S/C16H18N2O2/c1-11-9-15(12(2)20-11)16(19)18(14-3-4-14)10-13-5-7-17-8-6-13/h5-9,14H,3-4,10H2,1-2H3. The molecule has 1 fully saturated rings. The van der Waals surface area contributed by atoms with Gasteiger partial charge >= 0.3 is 0 Å². The molecule has 0 atom stereocenters. The zero-order valence-electron chi connectivity index (χ0n) is 11.8. The SMILES string of the molecule is Cc1cc(C(=O)N(Cc2ccncc2)C2CC2)c(C)o1. The summed E-state index contributed by atoms with van der Waals surface area (Å²) in [6, 6.07) is 6.11.